The standard InChI is InChI=1S/C28H28N2O8S/c1-14(2)38-17-9-7-16(8-10-17)23(31)21-22(19-13-18(35-4)11-12-20(19)36-5)30(26(33)24(21)32)28-29-15(3)25(39-28)27(34)37-6/h7-14,22,31H,1-6H3/b23-21+. The number of hydrogen-bond donors (Lipinski definition) is 1. The summed E-state index contributed by atoms with van der Waals surface area (Å²) in [5, 5.41) is 11.5. The third kappa shape index (κ3) is 5.17. The van der Waals surface area contributed by atoms with Gasteiger partial charge in [-0.15, -0.1) is 0 Å². The minimum atomic E-state index is -1.14. The fourth-order valence-electron chi connectivity index (χ4n) is 4.26. The van der Waals surface area contributed by atoms with Crippen LogP contribution in [0.1, 0.15) is 46.4 Å². The van der Waals surface area contributed by atoms with Crippen LogP contribution in [0.3, 0.4) is 0 Å². The minimum Gasteiger partial charge on any atom is -0.507 e. The van der Waals surface area contributed by atoms with Gasteiger partial charge in [0, 0.05) is 11.1 Å². The van der Waals surface area contributed by atoms with Crippen LogP contribution in [-0.2, 0) is 14.3 Å². The highest BCUT2D eigenvalue weighted by atomic mass is 32.1. The summed E-state index contributed by atoms with van der Waals surface area (Å²) in [7, 11) is 4.18. The molecular formula is C28H28N2O8S. The molecule has 1 amide bonds. The topological polar surface area (TPSA) is 124 Å². The molecule has 204 valence electrons. The second-order valence-corrected chi connectivity index (χ2v) is 9.85. The van der Waals surface area contributed by atoms with Crippen LogP contribution in [-0.4, -0.2) is 55.2 Å². The van der Waals surface area contributed by atoms with Crippen molar-refractivity contribution in [1.82, 2.24) is 4.98 Å². The largest absolute Gasteiger partial charge is 0.507 e. The first-order chi connectivity index (χ1) is 18.6. The van der Waals surface area contributed by atoms with Crippen LogP contribution >= 0.6 is 11.3 Å². The molecule has 1 atom stereocenters. The number of methoxy groups -OCH3 is 3. The lowest BCUT2D eigenvalue weighted by Crippen LogP contribution is -2.29. The summed E-state index contributed by atoms with van der Waals surface area (Å²) in [6.45, 7) is 5.39. The van der Waals surface area contributed by atoms with Crippen molar-refractivity contribution in [3.05, 3.63) is 69.7 Å². The summed E-state index contributed by atoms with van der Waals surface area (Å²) in [4.78, 5) is 45.1. The Balaban J connectivity index is 1.95. The molecule has 3 aromatic rings. The molecule has 0 saturated carbocycles. The van der Waals surface area contributed by atoms with Crippen LogP contribution < -0.4 is 19.1 Å². The summed E-state index contributed by atoms with van der Waals surface area (Å²) in [6.07, 6.45) is -0.0491. The lowest BCUT2D eigenvalue weighted by molar-refractivity contribution is -0.132. The number of amides is 1. The number of aliphatic hydroxyl groups excluding tert-OH is 1. The highest BCUT2D eigenvalue weighted by Crippen LogP contribution is 2.47. The van der Waals surface area contributed by atoms with Crippen LogP contribution in [0, 0.1) is 6.92 Å². The Morgan fingerprint density at radius 3 is 2.28 bits per heavy atom. The van der Waals surface area contributed by atoms with Gasteiger partial charge in [-0.05, 0) is 63.2 Å². The van der Waals surface area contributed by atoms with Crippen molar-refractivity contribution in [1.29, 1.82) is 0 Å². The molecule has 4 rings (SSSR count). The smallest absolute Gasteiger partial charge is 0.350 e. The Kier molecular flexibility index (Phi) is 7.91. The first-order valence-electron chi connectivity index (χ1n) is 12.0. The maximum atomic E-state index is 13.5. The Morgan fingerprint density at radius 2 is 1.69 bits per heavy atom. The van der Waals surface area contributed by atoms with Crippen molar-refractivity contribution in [2.45, 2.75) is 32.9 Å². The van der Waals surface area contributed by atoms with E-state index in [1.807, 2.05) is 13.8 Å². The van der Waals surface area contributed by atoms with Gasteiger partial charge in [-0.3, -0.25) is 14.5 Å². The average molecular weight is 553 g/mol. The number of carbonyl (C=O) groups is 3. The molecule has 39 heavy (non-hydrogen) atoms. The molecule has 1 aliphatic rings. The van der Waals surface area contributed by atoms with Gasteiger partial charge in [0.1, 0.15) is 33.9 Å². The lowest BCUT2D eigenvalue weighted by atomic mass is 9.94. The number of nitrogens with zero attached hydrogens (tertiary/aromatic N) is 2. The molecule has 1 fully saturated rings. The number of aliphatic hydroxyl groups is 1. The van der Waals surface area contributed by atoms with Crippen molar-refractivity contribution in [2.75, 3.05) is 26.2 Å². The van der Waals surface area contributed by atoms with Gasteiger partial charge in [0.05, 0.1) is 38.7 Å². The average Bonchev–Trinajstić information content (AvgIpc) is 3.43. The Bertz CT molecular complexity index is 1460. The highest BCUT2D eigenvalue weighted by Gasteiger charge is 2.49. The summed E-state index contributed by atoms with van der Waals surface area (Å²) < 4.78 is 21.5. The van der Waals surface area contributed by atoms with E-state index in [-0.39, 0.29) is 27.4 Å². The zero-order chi connectivity index (χ0) is 28.4. The molecule has 1 saturated heterocycles. The molecule has 2 aromatic carbocycles. The molecule has 10 nitrogen and oxygen atoms in total. The summed E-state index contributed by atoms with van der Waals surface area (Å²) in [6, 6.07) is 10.3. The van der Waals surface area contributed by atoms with Crippen molar-refractivity contribution >= 4 is 39.9 Å². The molecule has 1 unspecified atom stereocenters. The van der Waals surface area contributed by atoms with Gasteiger partial charge in [0.15, 0.2) is 5.13 Å². The van der Waals surface area contributed by atoms with Gasteiger partial charge in [0.25, 0.3) is 5.78 Å². The molecule has 1 aliphatic heterocycles. The van der Waals surface area contributed by atoms with Crippen molar-refractivity contribution in [2.24, 2.45) is 0 Å². The molecule has 0 bridgehead atoms. The molecule has 2 heterocycles. The number of aryl methyl sites for hydroxylation is 1. The SMILES string of the molecule is COC(=O)c1sc(N2C(=O)C(=O)/C(=C(/O)c3ccc(OC(C)C)cc3)C2c2cc(OC)ccc2OC)nc1C. The quantitative estimate of drug-likeness (QED) is 0.184. The number of ketones is 1. The predicted molar refractivity (Wildman–Crippen MR) is 145 cm³/mol. The Hall–Kier alpha value is -4.38. The number of hydrogen-bond acceptors (Lipinski definition) is 10. The van der Waals surface area contributed by atoms with Crippen LogP contribution in [0.4, 0.5) is 5.13 Å². The molecule has 1 aromatic heterocycles. The summed E-state index contributed by atoms with van der Waals surface area (Å²) in [5.41, 5.74) is 0.851. The van der Waals surface area contributed by atoms with E-state index < -0.39 is 23.7 Å². The third-order valence-electron chi connectivity index (χ3n) is 6.04. The fourth-order valence-corrected chi connectivity index (χ4v) is 5.28. The number of Topliss-reactive ketones (excluding diaryl/α,β-unsaturated/α-hetero) is 1. The maximum absolute atomic E-state index is 13.5. The van der Waals surface area contributed by atoms with Crippen molar-refractivity contribution in [3.8, 4) is 17.2 Å². The van der Waals surface area contributed by atoms with Gasteiger partial charge in [-0.1, -0.05) is 11.3 Å². The number of carbonyl (C=O) groups excluding carboxylic acids is 3. The summed E-state index contributed by atoms with van der Waals surface area (Å²) in [5.74, 6) is -1.47. The molecule has 11 heteroatoms. The van der Waals surface area contributed by atoms with Crippen LogP contribution in [0.15, 0.2) is 48.0 Å². The van der Waals surface area contributed by atoms with E-state index in [0.29, 0.717) is 34.1 Å². The first-order valence-corrected chi connectivity index (χ1v) is 12.8. The van der Waals surface area contributed by atoms with E-state index in [9.17, 15) is 19.5 Å². The Morgan fingerprint density at radius 1 is 1.03 bits per heavy atom. The number of esters is 1. The van der Waals surface area contributed by atoms with Gasteiger partial charge in [-0.25, -0.2) is 9.78 Å². The van der Waals surface area contributed by atoms with Crippen molar-refractivity contribution in [3.63, 3.8) is 0 Å². The third-order valence-corrected chi connectivity index (χ3v) is 7.17. The molecule has 0 radical (unpaired) electrons. The van der Waals surface area contributed by atoms with E-state index in [4.69, 9.17) is 18.9 Å². The first kappa shape index (κ1) is 27.6. The van der Waals surface area contributed by atoms with Gasteiger partial charge in [-0.2, -0.15) is 0 Å². The Labute approximate surface area is 229 Å². The fraction of sp³-hybridized carbons (Fsp3) is 0.286. The van der Waals surface area contributed by atoms with Crippen LogP contribution in [0.25, 0.3) is 5.76 Å². The van der Waals surface area contributed by atoms with Crippen LogP contribution in [0.2, 0.25) is 0 Å². The zero-order valence-electron chi connectivity index (χ0n) is 22.3. The van der Waals surface area contributed by atoms with E-state index >= 15 is 0 Å². The van der Waals surface area contributed by atoms with Crippen molar-refractivity contribution < 1.29 is 38.4 Å². The van der Waals surface area contributed by atoms with Crippen LogP contribution in [0.5, 0.6) is 17.2 Å². The number of thiazole rings is 1. The van der Waals surface area contributed by atoms with Gasteiger partial charge >= 0.3 is 11.9 Å². The second kappa shape index (κ2) is 11.2. The number of anilines is 1. The molecular weight excluding hydrogens is 524 g/mol. The molecule has 0 spiro atoms. The number of ether oxygens (including phenoxy) is 4. The normalized spacial score (nSPS) is 16.5. The van der Waals surface area contributed by atoms with Gasteiger partial charge < -0.3 is 24.1 Å². The summed E-state index contributed by atoms with van der Waals surface area (Å²) >= 11 is 0.909. The van der Waals surface area contributed by atoms with E-state index in [0.717, 1.165) is 16.2 Å². The predicted octanol–water partition coefficient (Wildman–Crippen LogP) is 4.67. The van der Waals surface area contributed by atoms with E-state index in [1.54, 1.807) is 49.4 Å². The molecule has 0 aliphatic carbocycles. The zero-order valence-corrected chi connectivity index (χ0v) is 23.1. The molecule has 1 N–H and O–H groups in total. The van der Waals surface area contributed by atoms with Gasteiger partial charge in [0.2, 0.25) is 0 Å². The minimum absolute atomic E-state index is 0.0491. The lowest BCUT2D eigenvalue weighted by Gasteiger charge is -2.25. The number of aromatic nitrogens is 1. The highest BCUT2D eigenvalue weighted by molar-refractivity contribution is 7.17. The van der Waals surface area contributed by atoms with E-state index in [2.05, 4.69) is 4.98 Å². The maximum Gasteiger partial charge on any atom is 0.350 e. The van der Waals surface area contributed by atoms with E-state index in [1.165, 1.54) is 21.3 Å². The number of rotatable bonds is 8. The monoisotopic (exact) mass is 552 g/mol. The number of benzene rings is 2. The second-order valence-electron chi connectivity index (χ2n) is 8.87.